The molecule has 0 aromatic carbocycles. The molecule has 0 radical (unpaired) electrons. The van der Waals surface area contributed by atoms with Crippen molar-refractivity contribution in [3.8, 4) is 0 Å². The maximum atomic E-state index is 12.7. The minimum atomic E-state index is -2.34. The van der Waals surface area contributed by atoms with Crippen LogP contribution in [-0.4, -0.2) is 34.7 Å². The Balaban J connectivity index is 1.15. The van der Waals surface area contributed by atoms with Crippen LogP contribution in [0.2, 0.25) is 0 Å². The monoisotopic (exact) mass is 698 g/mol. The van der Waals surface area contributed by atoms with E-state index >= 15 is 0 Å². The molecule has 50 heavy (non-hydrogen) atoms. The summed E-state index contributed by atoms with van der Waals surface area (Å²) in [6, 6.07) is 0. The summed E-state index contributed by atoms with van der Waals surface area (Å²) in [5.41, 5.74) is 0.782. The fourth-order valence-corrected chi connectivity index (χ4v) is 11.4. The van der Waals surface area contributed by atoms with E-state index in [2.05, 4.69) is 59.0 Å². The second-order valence-corrected chi connectivity index (χ2v) is 18.5. The fraction of sp³-hybridized carbons (Fsp3) is 0.889. The highest BCUT2D eigenvalue weighted by atomic mass is 16.5. The molecule has 4 aliphatic rings. The summed E-state index contributed by atoms with van der Waals surface area (Å²) < 4.78 is 6.12. The number of unbranched alkanes of at least 4 members (excludes halogenated alkanes) is 11. The van der Waals surface area contributed by atoms with Crippen LogP contribution in [-0.2, 0) is 9.53 Å². The highest BCUT2D eigenvalue weighted by molar-refractivity contribution is 5.77. The van der Waals surface area contributed by atoms with E-state index in [9.17, 15) is 15.0 Å². The molecule has 4 aliphatic carbocycles. The van der Waals surface area contributed by atoms with Crippen molar-refractivity contribution in [2.75, 3.05) is 6.61 Å². The Morgan fingerprint density at radius 1 is 0.840 bits per heavy atom. The summed E-state index contributed by atoms with van der Waals surface area (Å²) in [6.07, 6.45) is 35.9. The van der Waals surface area contributed by atoms with Gasteiger partial charge in [-0.25, -0.2) is 0 Å². The molecule has 0 heterocycles. The number of fused-ring (bicyclic) bond motifs is 5. The molecule has 9 unspecified atom stereocenters. The first kappa shape index (κ1) is 41.6. The Hall–Kier alpha value is -1.17. The summed E-state index contributed by atoms with van der Waals surface area (Å²) >= 11 is 0. The van der Waals surface area contributed by atoms with E-state index in [4.69, 9.17) is 4.74 Å². The maximum Gasteiger partial charge on any atom is 0.267 e. The van der Waals surface area contributed by atoms with Crippen molar-refractivity contribution < 1.29 is 19.7 Å². The van der Waals surface area contributed by atoms with E-state index in [0.717, 1.165) is 68.1 Å². The molecule has 0 aliphatic heterocycles. The summed E-state index contributed by atoms with van der Waals surface area (Å²) in [6.45, 7) is 14.6. The largest absolute Gasteiger partial charge is 0.368 e. The van der Waals surface area contributed by atoms with Crippen molar-refractivity contribution in [1.29, 1.82) is 0 Å². The summed E-state index contributed by atoms with van der Waals surface area (Å²) in [5.74, 6) is 2.44. The molecule has 1 amide bonds. The van der Waals surface area contributed by atoms with Gasteiger partial charge in [-0.15, -0.1) is 0 Å². The molecule has 0 aromatic heterocycles. The van der Waals surface area contributed by atoms with Crippen LogP contribution in [0.4, 0.5) is 0 Å². The van der Waals surface area contributed by atoms with E-state index in [1.807, 2.05) is 0 Å². The van der Waals surface area contributed by atoms with Crippen LogP contribution in [0.5, 0.6) is 0 Å². The number of nitrogens with one attached hydrogen (secondary N) is 1. The Labute approximate surface area is 308 Å². The van der Waals surface area contributed by atoms with Gasteiger partial charge in [-0.1, -0.05) is 143 Å². The molecule has 0 bridgehead atoms. The van der Waals surface area contributed by atoms with Crippen LogP contribution in [0, 0.1) is 52.3 Å². The summed E-state index contributed by atoms with van der Waals surface area (Å²) in [7, 11) is 0. The quantitative estimate of drug-likeness (QED) is 0.0598. The van der Waals surface area contributed by atoms with Gasteiger partial charge in [-0.2, -0.15) is 0 Å². The van der Waals surface area contributed by atoms with Crippen molar-refractivity contribution in [3.05, 3.63) is 24.3 Å². The Kier molecular flexibility index (Phi) is 16.4. The molecule has 4 rings (SSSR count). The number of amides is 1. The second-order valence-electron chi connectivity index (χ2n) is 18.5. The van der Waals surface area contributed by atoms with E-state index in [1.54, 1.807) is 6.08 Å². The lowest BCUT2D eigenvalue weighted by Gasteiger charge is -2.59. The number of carbonyl (C=O) groups excluding carboxylic acids is 1. The minimum absolute atomic E-state index is 0.0276. The average molecular weight is 698 g/mol. The molecule has 5 heteroatoms. The third kappa shape index (κ3) is 11.4. The van der Waals surface area contributed by atoms with Gasteiger partial charge in [0.2, 0.25) is 5.91 Å². The molecule has 3 N–H and O–H groups in total. The summed E-state index contributed by atoms with van der Waals surface area (Å²) in [4.78, 5) is 12.7. The molecule has 3 saturated carbocycles. The zero-order valence-corrected chi connectivity index (χ0v) is 33.4. The Bertz CT molecular complexity index is 1070. The van der Waals surface area contributed by atoms with E-state index in [-0.39, 0.29) is 12.7 Å². The van der Waals surface area contributed by atoms with Gasteiger partial charge in [0.1, 0.15) is 6.61 Å². The highest BCUT2D eigenvalue weighted by Gasteiger charge is 2.59. The molecule has 0 saturated heterocycles. The van der Waals surface area contributed by atoms with Gasteiger partial charge >= 0.3 is 0 Å². The van der Waals surface area contributed by atoms with Gasteiger partial charge in [-0.3, -0.25) is 10.1 Å². The minimum Gasteiger partial charge on any atom is -0.368 e. The molecule has 0 aromatic rings. The average Bonchev–Trinajstić information content (AvgIpc) is 3.42. The van der Waals surface area contributed by atoms with Crippen molar-refractivity contribution in [2.24, 2.45) is 52.3 Å². The molecule has 3 fully saturated rings. The van der Waals surface area contributed by atoms with Gasteiger partial charge in [0.05, 0.1) is 6.10 Å². The number of aliphatic hydroxyl groups is 2. The van der Waals surface area contributed by atoms with Crippen molar-refractivity contribution in [1.82, 2.24) is 5.32 Å². The molecule has 0 spiro atoms. The molecule has 288 valence electrons. The highest BCUT2D eigenvalue weighted by Crippen LogP contribution is 2.67. The van der Waals surface area contributed by atoms with Crippen LogP contribution in [0.3, 0.4) is 0 Å². The first-order chi connectivity index (χ1) is 23.9. The normalized spacial score (nSPS) is 33.0. The number of carbonyl (C=O) groups is 1. The van der Waals surface area contributed by atoms with Crippen LogP contribution in [0.15, 0.2) is 24.3 Å². The van der Waals surface area contributed by atoms with E-state index in [1.165, 1.54) is 109 Å². The van der Waals surface area contributed by atoms with Crippen LogP contribution in [0.1, 0.15) is 183 Å². The van der Waals surface area contributed by atoms with Crippen LogP contribution < -0.4 is 5.32 Å². The van der Waals surface area contributed by atoms with Gasteiger partial charge in [0.15, 0.2) is 0 Å². The zero-order chi connectivity index (χ0) is 36.2. The summed E-state index contributed by atoms with van der Waals surface area (Å²) in [5, 5.41) is 23.1. The third-order valence-electron chi connectivity index (χ3n) is 14.4. The lowest BCUT2D eigenvalue weighted by molar-refractivity contribution is -0.166. The van der Waals surface area contributed by atoms with Gasteiger partial charge in [-0.05, 0) is 116 Å². The number of hydrogen-bond donors (Lipinski definition) is 3. The smallest absolute Gasteiger partial charge is 0.267 e. The number of allylic oxidation sites excluding steroid dienone is 3. The van der Waals surface area contributed by atoms with Gasteiger partial charge in [0.25, 0.3) is 5.91 Å². The standard InChI is InChI=1S/C45H79NO4/c1-7-8-9-10-11-12-13-14-15-16-17-18-19-29-45(48,49)46-42(47)33-50-37-27-30-43(5)36(32-37)23-24-38-40-26-25-39(35(4)22-20-21-34(2)3)44(40,6)31-28-41(38)43/h19,23-24,29,34-41,48-49H,7-18,20-22,25-28,30-33H2,1-6H3,(H,46,47)/b29-19+. The first-order valence-corrected chi connectivity index (χ1v) is 21.6. The Morgan fingerprint density at radius 3 is 2.16 bits per heavy atom. The molecular weight excluding hydrogens is 618 g/mol. The lowest BCUT2D eigenvalue weighted by atomic mass is 9.46. The van der Waals surface area contributed by atoms with E-state index < -0.39 is 11.8 Å². The topological polar surface area (TPSA) is 78.8 Å². The predicted molar refractivity (Wildman–Crippen MR) is 208 cm³/mol. The molecular formula is C45H79NO4. The number of hydrogen-bond acceptors (Lipinski definition) is 4. The molecule has 9 atom stereocenters. The Morgan fingerprint density at radius 2 is 1.48 bits per heavy atom. The van der Waals surface area contributed by atoms with Crippen molar-refractivity contribution >= 4 is 5.91 Å². The van der Waals surface area contributed by atoms with Gasteiger partial charge in [0, 0.05) is 0 Å². The van der Waals surface area contributed by atoms with Crippen molar-refractivity contribution in [2.45, 2.75) is 195 Å². The fourth-order valence-electron chi connectivity index (χ4n) is 11.4. The van der Waals surface area contributed by atoms with Gasteiger partial charge < -0.3 is 14.9 Å². The zero-order valence-electron chi connectivity index (χ0n) is 33.4. The van der Waals surface area contributed by atoms with Crippen LogP contribution >= 0.6 is 0 Å². The SMILES string of the molecule is CCCCCCCCCCCCC/C=C/C(O)(O)NC(=O)COC1CCC2(C)C(C=CC3C2CCC2(C)C(C(C)CCCC(C)C)CCC32)C1. The van der Waals surface area contributed by atoms with Crippen molar-refractivity contribution in [3.63, 3.8) is 0 Å². The predicted octanol–water partition coefficient (Wildman–Crippen LogP) is 11.3. The number of rotatable bonds is 22. The molecule has 5 nitrogen and oxygen atoms in total. The second kappa shape index (κ2) is 19.8. The van der Waals surface area contributed by atoms with E-state index in [0.29, 0.717) is 22.7 Å². The third-order valence-corrected chi connectivity index (χ3v) is 14.4. The maximum absolute atomic E-state index is 12.7. The lowest BCUT2D eigenvalue weighted by Crippen LogP contribution is -2.53. The first-order valence-electron chi connectivity index (χ1n) is 21.6. The van der Waals surface area contributed by atoms with Crippen LogP contribution in [0.25, 0.3) is 0 Å². The number of ether oxygens (including phenoxy) is 1.